The third kappa shape index (κ3) is 5.82. The van der Waals surface area contributed by atoms with Gasteiger partial charge in [-0.3, -0.25) is 0 Å². The van der Waals surface area contributed by atoms with E-state index in [1.165, 1.54) is 50.4 Å². The lowest BCUT2D eigenvalue weighted by atomic mass is 9.91. The highest BCUT2D eigenvalue weighted by Crippen LogP contribution is 2.21. The Morgan fingerprint density at radius 1 is 1.08 bits per heavy atom. The van der Waals surface area contributed by atoms with Gasteiger partial charge in [-0.25, -0.2) is 4.39 Å². The summed E-state index contributed by atoms with van der Waals surface area (Å²) in [7, 11) is 0. The Kier molecular flexibility index (Phi) is 6.88. The predicted molar refractivity (Wildman–Crippen MR) is 103 cm³/mol. The summed E-state index contributed by atoms with van der Waals surface area (Å²) in [6.45, 7) is 2.60. The van der Waals surface area contributed by atoms with E-state index in [0.29, 0.717) is 5.56 Å². The van der Waals surface area contributed by atoms with Gasteiger partial charge in [-0.1, -0.05) is 40.5 Å². The second-order valence-corrected chi connectivity index (χ2v) is 7.67. The maximum atomic E-state index is 13.8. The van der Waals surface area contributed by atoms with E-state index in [2.05, 4.69) is 33.4 Å². The fourth-order valence-corrected chi connectivity index (χ4v) is 3.65. The topological polar surface area (TPSA) is 21.3 Å². The summed E-state index contributed by atoms with van der Waals surface area (Å²) in [6, 6.07) is 13.2. The molecule has 1 N–H and O–H groups in total. The molecule has 3 rings (SSSR count). The van der Waals surface area contributed by atoms with Crippen LogP contribution in [-0.4, -0.2) is 13.1 Å². The molecule has 1 saturated heterocycles. The fourth-order valence-electron chi connectivity index (χ4n) is 3.32. The minimum Gasteiger partial charge on any atom is -0.489 e. The first-order valence-corrected chi connectivity index (χ1v) is 9.86. The predicted octanol–water partition coefficient (Wildman–Crippen LogP) is 5.49. The summed E-state index contributed by atoms with van der Waals surface area (Å²) in [5.41, 5.74) is 1.91. The SMILES string of the molecule is Fc1cc(Br)ccc1COc1ccc(CCCC2CCNCC2)cc1. The highest BCUT2D eigenvalue weighted by atomic mass is 79.9. The van der Waals surface area contributed by atoms with Crippen LogP contribution < -0.4 is 10.1 Å². The molecule has 4 heteroatoms. The van der Waals surface area contributed by atoms with Gasteiger partial charge in [0.25, 0.3) is 0 Å². The zero-order valence-electron chi connectivity index (χ0n) is 14.4. The molecule has 0 unspecified atom stereocenters. The van der Waals surface area contributed by atoms with Gasteiger partial charge in [0.2, 0.25) is 0 Å². The summed E-state index contributed by atoms with van der Waals surface area (Å²) in [5, 5.41) is 3.42. The lowest BCUT2D eigenvalue weighted by Gasteiger charge is -2.22. The molecule has 134 valence electrons. The van der Waals surface area contributed by atoms with Crippen LogP contribution in [0.4, 0.5) is 4.39 Å². The second kappa shape index (κ2) is 9.35. The first-order valence-electron chi connectivity index (χ1n) is 9.07. The number of piperidine rings is 1. The number of halogens is 2. The Balaban J connectivity index is 1.43. The van der Waals surface area contributed by atoms with Gasteiger partial charge in [0, 0.05) is 10.0 Å². The number of hydrogen-bond donors (Lipinski definition) is 1. The van der Waals surface area contributed by atoms with E-state index in [-0.39, 0.29) is 12.4 Å². The normalized spacial score (nSPS) is 15.3. The molecule has 1 aliphatic rings. The van der Waals surface area contributed by atoms with Gasteiger partial charge < -0.3 is 10.1 Å². The quantitative estimate of drug-likeness (QED) is 0.657. The van der Waals surface area contributed by atoms with E-state index in [1.807, 2.05) is 18.2 Å². The van der Waals surface area contributed by atoms with Crippen LogP contribution in [-0.2, 0) is 13.0 Å². The zero-order valence-corrected chi connectivity index (χ0v) is 16.0. The Bertz CT molecular complexity index is 668. The van der Waals surface area contributed by atoms with E-state index in [9.17, 15) is 4.39 Å². The van der Waals surface area contributed by atoms with E-state index in [4.69, 9.17) is 4.74 Å². The maximum Gasteiger partial charge on any atom is 0.130 e. The molecule has 0 amide bonds. The molecular weight excluding hydrogens is 381 g/mol. The van der Waals surface area contributed by atoms with Crippen LogP contribution in [0.25, 0.3) is 0 Å². The Labute approximate surface area is 157 Å². The van der Waals surface area contributed by atoms with Gasteiger partial charge in [0.05, 0.1) is 0 Å². The Morgan fingerprint density at radius 3 is 2.56 bits per heavy atom. The van der Waals surface area contributed by atoms with Gasteiger partial charge in [-0.2, -0.15) is 0 Å². The third-order valence-electron chi connectivity index (χ3n) is 4.87. The molecule has 0 aliphatic carbocycles. The highest BCUT2D eigenvalue weighted by molar-refractivity contribution is 9.10. The van der Waals surface area contributed by atoms with Crippen LogP contribution in [0.15, 0.2) is 46.9 Å². The van der Waals surface area contributed by atoms with Gasteiger partial charge in [0.15, 0.2) is 0 Å². The Morgan fingerprint density at radius 2 is 1.84 bits per heavy atom. The van der Waals surface area contributed by atoms with Crippen molar-refractivity contribution in [2.45, 2.75) is 38.7 Å². The summed E-state index contributed by atoms with van der Waals surface area (Å²) in [4.78, 5) is 0. The van der Waals surface area contributed by atoms with Crippen LogP contribution in [0.2, 0.25) is 0 Å². The van der Waals surface area contributed by atoms with Crippen molar-refractivity contribution in [1.29, 1.82) is 0 Å². The molecule has 2 aromatic rings. The third-order valence-corrected chi connectivity index (χ3v) is 5.36. The molecule has 0 spiro atoms. The monoisotopic (exact) mass is 405 g/mol. The van der Waals surface area contributed by atoms with Crippen molar-refractivity contribution in [3.63, 3.8) is 0 Å². The van der Waals surface area contributed by atoms with Gasteiger partial charge in [0.1, 0.15) is 18.2 Å². The van der Waals surface area contributed by atoms with E-state index in [1.54, 1.807) is 6.07 Å². The number of benzene rings is 2. The molecule has 0 atom stereocenters. The number of rotatable bonds is 7. The van der Waals surface area contributed by atoms with Crippen molar-refractivity contribution in [2.75, 3.05) is 13.1 Å². The van der Waals surface area contributed by atoms with Crippen molar-refractivity contribution >= 4 is 15.9 Å². The largest absolute Gasteiger partial charge is 0.489 e. The molecule has 0 aromatic heterocycles. The number of hydrogen-bond acceptors (Lipinski definition) is 2. The van der Waals surface area contributed by atoms with Gasteiger partial charge in [-0.05, 0) is 74.5 Å². The molecule has 0 saturated carbocycles. The maximum absolute atomic E-state index is 13.8. The number of aryl methyl sites for hydroxylation is 1. The van der Waals surface area contributed by atoms with Crippen molar-refractivity contribution in [3.05, 3.63) is 63.9 Å². The summed E-state index contributed by atoms with van der Waals surface area (Å²) < 4.78 is 20.2. The van der Waals surface area contributed by atoms with Crippen LogP contribution in [0.5, 0.6) is 5.75 Å². The van der Waals surface area contributed by atoms with Crippen LogP contribution in [0.3, 0.4) is 0 Å². The Hall–Kier alpha value is -1.39. The van der Waals surface area contributed by atoms with Gasteiger partial charge >= 0.3 is 0 Å². The summed E-state index contributed by atoms with van der Waals surface area (Å²) in [5.74, 6) is 1.43. The lowest BCUT2D eigenvalue weighted by molar-refractivity contribution is 0.299. The van der Waals surface area contributed by atoms with Crippen molar-refractivity contribution in [2.24, 2.45) is 5.92 Å². The van der Waals surface area contributed by atoms with E-state index in [0.717, 1.165) is 22.6 Å². The zero-order chi connectivity index (χ0) is 17.5. The minimum atomic E-state index is -0.246. The fraction of sp³-hybridized carbons (Fsp3) is 0.429. The van der Waals surface area contributed by atoms with E-state index < -0.39 is 0 Å². The first-order chi connectivity index (χ1) is 12.2. The molecular formula is C21H25BrFNO. The highest BCUT2D eigenvalue weighted by Gasteiger charge is 2.12. The van der Waals surface area contributed by atoms with E-state index >= 15 is 0 Å². The summed E-state index contributed by atoms with van der Waals surface area (Å²) >= 11 is 3.26. The van der Waals surface area contributed by atoms with Crippen molar-refractivity contribution in [3.8, 4) is 5.75 Å². The molecule has 0 radical (unpaired) electrons. The molecule has 1 heterocycles. The van der Waals surface area contributed by atoms with Gasteiger partial charge in [-0.15, -0.1) is 0 Å². The van der Waals surface area contributed by atoms with Crippen LogP contribution >= 0.6 is 15.9 Å². The second-order valence-electron chi connectivity index (χ2n) is 6.75. The molecule has 2 aromatic carbocycles. The number of ether oxygens (including phenoxy) is 1. The first kappa shape index (κ1) is 18.4. The summed E-state index contributed by atoms with van der Waals surface area (Å²) in [6.07, 6.45) is 6.32. The minimum absolute atomic E-state index is 0.244. The smallest absolute Gasteiger partial charge is 0.130 e. The lowest BCUT2D eigenvalue weighted by Crippen LogP contribution is -2.27. The van der Waals surface area contributed by atoms with Crippen LogP contribution in [0.1, 0.15) is 36.8 Å². The molecule has 1 aliphatic heterocycles. The van der Waals surface area contributed by atoms with Crippen LogP contribution in [0, 0.1) is 11.7 Å². The number of nitrogens with one attached hydrogen (secondary N) is 1. The van der Waals surface area contributed by atoms with Crippen molar-refractivity contribution < 1.29 is 9.13 Å². The van der Waals surface area contributed by atoms with Crippen molar-refractivity contribution in [1.82, 2.24) is 5.32 Å². The molecule has 0 bridgehead atoms. The molecule has 2 nitrogen and oxygen atoms in total. The standard InChI is InChI=1S/C21H25BrFNO/c22-19-7-6-18(21(23)14-19)15-25-20-8-4-16(5-9-20)2-1-3-17-10-12-24-13-11-17/h4-9,14,17,24H,1-3,10-13,15H2. The average molecular weight is 406 g/mol. The molecule has 25 heavy (non-hydrogen) atoms. The average Bonchev–Trinajstić information content (AvgIpc) is 2.63. The molecule has 1 fully saturated rings.